The van der Waals surface area contributed by atoms with Crippen molar-refractivity contribution < 1.29 is 23.5 Å². The number of rotatable bonds is 7. The van der Waals surface area contributed by atoms with Crippen LogP contribution in [0.5, 0.6) is 0 Å². The molecule has 2 atom stereocenters. The fourth-order valence-corrected chi connectivity index (χ4v) is 0.958. The van der Waals surface area contributed by atoms with Crippen molar-refractivity contribution in [2.75, 3.05) is 13.1 Å². The molecule has 6 nitrogen and oxygen atoms in total. The van der Waals surface area contributed by atoms with Crippen molar-refractivity contribution in [3.8, 4) is 0 Å². The number of hydrogen-bond acceptors (Lipinski definition) is 4. The molecule has 0 aliphatic heterocycles. The molecule has 0 rings (SSSR count). The number of aliphatic hydroxyl groups is 1. The van der Waals surface area contributed by atoms with Crippen LogP contribution >= 0.6 is 0 Å². The Morgan fingerprint density at radius 1 is 1.28 bits per heavy atom. The summed E-state index contributed by atoms with van der Waals surface area (Å²) in [5, 5.41) is 13.1. The standard InChI is InChI=1S/C10H19F2N3O3/c1-5(2)8(13)10(18)15-4-7(17)14-3-6(16)9(11)12/h5-6,8-9,16H,3-4,13H2,1-2H3,(H,14,17)(H,15,18)/t6?,8-/m0/s1. The van der Waals surface area contributed by atoms with E-state index in [2.05, 4.69) is 10.6 Å². The summed E-state index contributed by atoms with van der Waals surface area (Å²) in [5.74, 6) is -1.23. The van der Waals surface area contributed by atoms with Crippen LogP contribution in [0.2, 0.25) is 0 Å². The third-order valence-corrected chi connectivity index (χ3v) is 2.24. The summed E-state index contributed by atoms with van der Waals surface area (Å²) in [7, 11) is 0. The van der Waals surface area contributed by atoms with Gasteiger partial charge in [-0.3, -0.25) is 9.59 Å². The summed E-state index contributed by atoms with van der Waals surface area (Å²) in [6, 6.07) is -0.732. The first-order chi connectivity index (χ1) is 8.25. The van der Waals surface area contributed by atoms with Crippen molar-refractivity contribution in [3.63, 3.8) is 0 Å². The second-order valence-electron chi connectivity index (χ2n) is 4.19. The summed E-state index contributed by atoms with van der Waals surface area (Å²) >= 11 is 0. The van der Waals surface area contributed by atoms with Gasteiger partial charge in [-0.05, 0) is 5.92 Å². The van der Waals surface area contributed by atoms with Gasteiger partial charge in [0.2, 0.25) is 11.8 Å². The third kappa shape index (κ3) is 6.45. The lowest BCUT2D eigenvalue weighted by Crippen LogP contribution is -2.48. The molecule has 0 aromatic heterocycles. The maximum Gasteiger partial charge on any atom is 0.265 e. The van der Waals surface area contributed by atoms with Gasteiger partial charge in [0.15, 0.2) is 0 Å². The van der Waals surface area contributed by atoms with Gasteiger partial charge in [-0.25, -0.2) is 8.78 Å². The van der Waals surface area contributed by atoms with Gasteiger partial charge >= 0.3 is 0 Å². The SMILES string of the molecule is CC(C)[C@H](N)C(=O)NCC(=O)NCC(O)C(F)F. The number of nitrogens with two attached hydrogens (primary N) is 1. The van der Waals surface area contributed by atoms with Gasteiger partial charge < -0.3 is 21.5 Å². The van der Waals surface area contributed by atoms with E-state index in [9.17, 15) is 18.4 Å². The van der Waals surface area contributed by atoms with Crippen LogP contribution in [0.3, 0.4) is 0 Å². The highest BCUT2D eigenvalue weighted by atomic mass is 19.3. The molecular formula is C10H19F2N3O3. The first-order valence-corrected chi connectivity index (χ1v) is 5.52. The topological polar surface area (TPSA) is 104 Å². The summed E-state index contributed by atoms with van der Waals surface area (Å²) in [5.41, 5.74) is 5.53. The molecule has 106 valence electrons. The van der Waals surface area contributed by atoms with E-state index in [1.807, 2.05) is 0 Å². The summed E-state index contributed by atoms with van der Waals surface area (Å²) < 4.78 is 23.8. The molecule has 0 saturated carbocycles. The smallest absolute Gasteiger partial charge is 0.265 e. The molecule has 0 radical (unpaired) electrons. The van der Waals surface area contributed by atoms with Gasteiger partial charge in [-0.15, -0.1) is 0 Å². The van der Waals surface area contributed by atoms with E-state index in [4.69, 9.17) is 10.8 Å². The van der Waals surface area contributed by atoms with Crippen LogP contribution in [0, 0.1) is 5.92 Å². The third-order valence-electron chi connectivity index (χ3n) is 2.24. The molecule has 8 heteroatoms. The molecule has 0 aliphatic rings. The monoisotopic (exact) mass is 267 g/mol. The van der Waals surface area contributed by atoms with Crippen LogP contribution < -0.4 is 16.4 Å². The first kappa shape index (κ1) is 16.7. The van der Waals surface area contributed by atoms with Crippen LogP contribution in [-0.4, -0.2) is 48.6 Å². The van der Waals surface area contributed by atoms with Gasteiger partial charge in [0.25, 0.3) is 6.43 Å². The Morgan fingerprint density at radius 2 is 1.83 bits per heavy atom. The molecule has 0 aromatic carbocycles. The van der Waals surface area contributed by atoms with Crippen molar-refractivity contribution >= 4 is 11.8 Å². The van der Waals surface area contributed by atoms with E-state index in [0.717, 1.165) is 0 Å². The number of nitrogens with one attached hydrogen (secondary N) is 2. The number of aliphatic hydroxyl groups excluding tert-OH is 1. The molecule has 0 spiro atoms. The normalized spacial score (nSPS) is 14.4. The summed E-state index contributed by atoms with van der Waals surface area (Å²) in [4.78, 5) is 22.5. The predicted octanol–water partition coefficient (Wildman–Crippen LogP) is -1.17. The van der Waals surface area contributed by atoms with Crippen molar-refractivity contribution in [1.82, 2.24) is 10.6 Å². The first-order valence-electron chi connectivity index (χ1n) is 5.52. The fourth-order valence-electron chi connectivity index (χ4n) is 0.958. The second kappa shape index (κ2) is 7.93. The molecule has 2 amide bonds. The Bertz CT molecular complexity index is 288. The quantitative estimate of drug-likeness (QED) is 0.466. The van der Waals surface area contributed by atoms with Crippen LogP contribution in [-0.2, 0) is 9.59 Å². The Morgan fingerprint density at radius 3 is 2.28 bits per heavy atom. The maximum absolute atomic E-state index is 11.9. The molecule has 0 aliphatic carbocycles. The number of halogens is 2. The summed E-state index contributed by atoms with van der Waals surface area (Å²) in [6.45, 7) is 2.57. The van der Waals surface area contributed by atoms with Crippen LogP contribution in [0.4, 0.5) is 8.78 Å². The van der Waals surface area contributed by atoms with E-state index in [1.165, 1.54) is 0 Å². The maximum atomic E-state index is 11.9. The molecule has 0 fully saturated rings. The number of hydrogen-bond donors (Lipinski definition) is 4. The molecule has 0 bridgehead atoms. The number of amides is 2. The van der Waals surface area contributed by atoms with Crippen molar-refractivity contribution in [2.45, 2.75) is 32.4 Å². The summed E-state index contributed by atoms with van der Waals surface area (Å²) in [6.07, 6.45) is -4.84. The number of carbonyl (C=O) groups is 2. The van der Waals surface area contributed by atoms with Crippen molar-refractivity contribution in [1.29, 1.82) is 0 Å². The van der Waals surface area contributed by atoms with E-state index in [0.29, 0.717) is 0 Å². The Balaban J connectivity index is 3.87. The van der Waals surface area contributed by atoms with Gasteiger partial charge in [0.05, 0.1) is 12.6 Å². The van der Waals surface area contributed by atoms with Crippen LogP contribution in [0.1, 0.15) is 13.8 Å². The minimum Gasteiger partial charge on any atom is -0.385 e. The zero-order chi connectivity index (χ0) is 14.3. The fraction of sp³-hybridized carbons (Fsp3) is 0.800. The molecule has 18 heavy (non-hydrogen) atoms. The second-order valence-corrected chi connectivity index (χ2v) is 4.19. The minimum absolute atomic E-state index is 0.0753. The highest BCUT2D eigenvalue weighted by Gasteiger charge is 2.19. The van der Waals surface area contributed by atoms with E-state index < -0.39 is 36.9 Å². The predicted molar refractivity (Wildman–Crippen MR) is 60.8 cm³/mol. The molecule has 0 heterocycles. The zero-order valence-electron chi connectivity index (χ0n) is 10.3. The average molecular weight is 267 g/mol. The minimum atomic E-state index is -2.92. The molecular weight excluding hydrogens is 248 g/mol. The number of alkyl halides is 2. The van der Waals surface area contributed by atoms with E-state index in [1.54, 1.807) is 13.8 Å². The van der Waals surface area contributed by atoms with Crippen LogP contribution in [0.15, 0.2) is 0 Å². The molecule has 0 aromatic rings. The average Bonchev–Trinajstić information content (AvgIpc) is 2.31. The lowest BCUT2D eigenvalue weighted by atomic mass is 10.1. The van der Waals surface area contributed by atoms with Gasteiger partial charge in [0.1, 0.15) is 6.10 Å². The highest BCUT2D eigenvalue weighted by molar-refractivity contribution is 5.87. The van der Waals surface area contributed by atoms with Gasteiger partial charge in [-0.1, -0.05) is 13.8 Å². The van der Waals surface area contributed by atoms with Gasteiger partial charge in [0, 0.05) is 6.54 Å². The molecule has 5 N–H and O–H groups in total. The van der Waals surface area contributed by atoms with E-state index >= 15 is 0 Å². The van der Waals surface area contributed by atoms with Crippen molar-refractivity contribution in [3.05, 3.63) is 0 Å². The largest absolute Gasteiger partial charge is 0.385 e. The Labute approximate surface area is 104 Å². The lowest BCUT2D eigenvalue weighted by Gasteiger charge is -2.15. The Hall–Kier alpha value is -1.28. The van der Waals surface area contributed by atoms with Gasteiger partial charge in [-0.2, -0.15) is 0 Å². The number of carbonyl (C=O) groups excluding carboxylic acids is 2. The zero-order valence-corrected chi connectivity index (χ0v) is 10.3. The van der Waals surface area contributed by atoms with Crippen molar-refractivity contribution in [2.24, 2.45) is 11.7 Å². The molecule has 1 unspecified atom stereocenters. The highest BCUT2D eigenvalue weighted by Crippen LogP contribution is 1.98. The molecule has 0 saturated heterocycles. The van der Waals surface area contributed by atoms with Crippen LogP contribution in [0.25, 0.3) is 0 Å². The Kier molecular flexibility index (Phi) is 7.37. The van der Waals surface area contributed by atoms with E-state index in [-0.39, 0.29) is 12.5 Å². The lowest BCUT2D eigenvalue weighted by molar-refractivity contribution is -0.127.